The van der Waals surface area contributed by atoms with Gasteiger partial charge in [0.15, 0.2) is 6.20 Å². The zero-order chi connectivity index (χ0) is 21.5. The Morgan fingerprint density at radius 1 is 1.30 bits per heavy atom. The number of carbonyl (C=O) groups is 1. The van der Waals surface area contributed by atoms with Gasteiger partial charge in [0.2, 0.25) is 14.1 Å². The van der Waals surface area contributed by atoms with Gasteiger partial charge in [-0.05, 0) is 39.2 Å². The second-order valence-electron chi connectivity index (χ2n) is 6.04. The molecule has 2 aromatic carbocycles. The van der Waals surface area contributed by atoms with Crippen LogP contribution in [0.15, 0.2) is 75.2 Å². The van der Waals surface area contributed by atoms with Gasteiger partial charge < -0.3 is 14.5 Å². The molecule has 1 aromatic heterocycles. The molecule has 2 heterocycles. The van der Waals surface area contributed by atoms with Gasteiger partial charge in [-0.2, -0.15) is 4.57 Å². The van der Waals surface area contributed by atoms with Crippen LogP contribution >= 0.6 is 41.4 Å². The Balaban J connectivity index is 0.000000318. The third-order valence-corrected chi connectivity index (χ3v) is 6.30. The number of hydrogen-bond acceptors (Lipinski definition) is 6. The molecule has 1 unspecified atom stereocenters. The second-order valence-corrected chi connectivity index (χ2v) is 8.68. The van der Waals surface area contributed by atoms with Crippen molar-refractivity contribution in [3.63, 3.8) is 0 Å². The lowest BCUT2D eigenvalue weighted by molar-refractivity contribution is -0.706. The first-order valence-corrected chi connectivity index (χ1v) is 11.2. The molecule has 1 aliphatic rings. The molecule has 3 aromatic rings. The molecule has 0 amide bonds. The van der Waals surface area contributed by atoms with Crippen LogP contribution in [0.4, 0.5) is 10.5 Å². The minimum atomic E-state index is -0.840. The van der Waals surface area contributed by atoms with Gasteiger partial charge in [-0.25, -0.2) is 9.31 Å². The van der Waals surface area contributed by atoms with Gasteiger partial charge in [-0.15, -0.1) is 0 Å². The molecule has 0 spiro atoms. The number of rotatable bonds is 3. The van der Waals surface area contributed by atoms with Crippen molar-refractivity contribution < 1.29 is 19.0 Å². The molecule has 0 fully saturated rings. The zero-order valence-corrected chi connectivity index (χ0v) is 19.6. The Bertz CT molecular complexity index is 1130. The normalized spacial score (nSPS) is 14.0. The summed E-state index contributed by atoms with van der Waals surface area (Å²) >= 11 is 6.51. The van der Waals surface area contributed by atoms with Crippen molar-refractivity contribution in [1.82, 2.24) is 0 Å². The average Bonchev–Trinajstić information content (AvgIpc) is 3.08. The van der Waals surface area contributed by atoms with E-state index < -0.39 is 5.43 Å². The van der Waals surface area contributed by atoms with Crippen LogP contribution in [0.5, 0.6) is 0 Å². The molecular formula is C20H19ClN3O3P2S+. The van der Waals surface area contributed by atoms with E-state index in [4.69, 9.17) is 11.6 Å². The predicted molar refractivity (Wildman–Crippen MR) is 126 cm³/mol. The van der Waals surface area contributed by atoms with E-state index in [9.17, 15) is 9.90 Å². The minimum Gasteiger partial charge on any atom is -0.376 e. The predicted octanol–water partition coefficient (Wildman–Crippen LogP) is 5.81. The van der Waals surface area contributed by atoms with Crippen LogP contribution < -0.4 is 9.47 Å². The third-order valence-electron chi connectivity index (χ3n) is 4.32. The summed E-state index contributed by atoms with van der Waals surface area (Å²) in [5.74, 6) is 0. The zero-order valence-electron chi connectivity index (χ0n) is 16.0. The highest BCUT2D eigenvalue weighted by atomic mass is 35.5. The average molecular weight is 479 g/mol. The van der Waals surface area contributed by atoms with Crippen molar-refractivity contribution in [2.45, 2.75) is 11.6 Å². The first kappa shape index (κ1) is 22.7. The molecule has 10 heteroatoms. The van der Waals surface area contributed by atoms with Crippen molar-refractivity contribution in [3.8, 4) is 0 Å². The van der Waals surface area contributed by atoms with Crippen LogP contribution in [0, 0.1) is 0 Å². The number of benzene rings is 2. The molecule has 1 N–H and O–H groups in total. The van der Waals surface area contributed by atoms with Gasteiger partial charge in [-0.1, -0.05) is 36.0 Å². The largest absolute Gasteiger partial charge is 0.413 e. The van der Waals surface area contributed by atoms with Crippen LogP contribution in [0.2, 0.25) is 0 Å². The highest BCUT2D eigenvalue weighted by molar-refractivity contribution is 8.03. The van der Waals surface area contributed by atoms with E-state index in [1.807, 2.05) is 38.4 Å². The minimum absolute atomic E-state index is 0.0164. The van der Waals surface area contributed by atoms with Crippen LogP contribution in [-0.4, -0.2) is 17.6 Å². The van der Waals surface area contributed by atoms with Crippen molar-refractivity contribution in [1.29, 1.82) is 0 Å². The number of carbonyl (C=O) groups excluding carboxylic acids is 1. The molecule has 0 radical (unpaired) electrons. The second kappa shape index (κ2) is 10.9. The first-order chi connectivity index (χ1) is 14.5. The molecule has 30 heavy (non-hydrogen) atoms. The smallest absolute Gasteiger partial charge is 0.376 e. The van der Waals surface area contributed by atoms with Gasteiger partial charge in [-0.3, -0.25) is 0 Å². The summed E-state index contributed by atoms with van der Waals surface area (Å²) in [7, 11) is 4.33. The van der Waals surface area contributed by atoms with Gasteiger partial charge in [0.05, 0.1) is 16.1 Å². The van der Waals surface area contributed by atoms with Crippen LogP contribution in [0.25, 0.3) is 17.0 Å². The standard InChI is InChI=1S/C19H17N2OS.CH2ClNO2P2/c1-20-17-8-4-5-9-18(17)23-19(20)12-14-10-11-21(13-22)16-7-3-2-6-15(14)16;2-1(4)5-7-3-6/h2-12,22H,13H2,1H3;6H2/q+1;. The van der Waals surface area contributed by atoms with Crippen molar-refractivity contribution in [2.24, 2.45) is 4.52 Å². The summed E-state index contributed by atoms with van der Waals surface area (Å²) in [5, 5.41) is 11.9. The molecule has 0 bridgehead atoms. The highest BCUT2D eigenvalue weighted by Crippen LogP contribution is 2.45. The van der Waals surface area contributed by atoms with E-state index in [-0.39, 0.29) is 15.3 Å². The fraction of sp³-hybridized carbons (Fsp3) is 0.100. The van der Waals surface area contributed by atoms with Crippen LogP contribution in [-0.2, 0) is 11.3 Å². The summed E-state index contributed by atoms with van der Waals surface area (Å²) in [5.41, 5.74) is 2.60. The van der Waals surface area contributed by atoms with E-state index in [0.717, 1.165) is 16.5 Å². The van der Waals surface area contributed by atoms with Gasteiger partial charge >= 0.3 is 5.43 Å². The van der Waals surface area contributed by atoms with Crippen molar-refractivity contribution >= 4 is 69.4 Å². The number of anilines is 1. The van der Waals surface area contributed by atoms with E-state index in [1.54, 1.807) is 11.8 Å². The number of halogens is 1. The lowest BCUT2D eigenvalue weighted by atomic mass is 10.1. The number of aliphatic hydroxyl groups excluding tert-OH is 1. The Labute approximate surface area is 187 Å². The van der Waals surface area contributed by atoms with Gasteiger partial charge in [0.25, 0.3) is 6.73 Å². The summed E-state index contributed by atoms with van der Waals surface area (Å²) in [6.07, 6.45) is 4.15. The lowest BCUT2D eigenvalue weighted by Gasteiger charge is -2.13. The Morgan fingerprint density at radius 3 is 2.70 bits per heavy atom. The van der Waals surface area contributed by atoms with Crippen LogP contribution in [0.3, 0.4) is 0 Å². The molecule has 0 saturated heterocycles. The number of hydrogen-bond donors (Lipinski definition) is 1. The molecule has 4 rings (SSSR count). The van der Waals surface area contributed by atoms with Gasteiger partial charge in [0.1, 0.15) is 0 Å². The molecule has 6 nitrogen and oxygen atoms in total. The van der Waals surface area contributed by atoms with Crippen molar-refractivity contribution in [2.75, 3.05) is 11.9 Å². The summed E-state index contributed by atoms with van der Waals surface area (Å²) in [6.45, 7) is -0.0164. The molecule has 0 saturated carbocycles. The molecule has 1 aliphatic heterocycles. The quantitative estimate of drug-likeness (QED) is 0.292. The maximum Gasteiger partial charge on any atom is 0.413 e. The summed E-state index contributed by atoms with van der Waals surface area (Å²) in [4.78, 5) is 13.2. The number of fused-ring (bicyclic) bond motifs is 2. The maximum absolute atomic E-state index is 9.67. The lowest BCUT2D eigenvalue weighted by Crippen LogP contribution is -2.34. The fourth-order valence-electron chi connectivity index (χ4n) is 2.99. The van der Waals surface area contributed by atoms with E-state index in [1.165, 1.54) is 15.6 Å². The molecular weight excluding hydrogens is 460 g/mol. The first-order valence-electron chi connectivity index (χ1n) is 8.76. The Hall–Kier alpha value is -2.01. The monoisotopic (exact) mass is 478 g/mol. The molecule has 1 atom stereocenters. The summed E-state index contributed by atoms with van der Waals surface area (Å²) < 4.78 is 9.28. The number of pyridine rings is 1. The summed E-state index contributed by atoms with van der Waals surface area (Å²) in [6, 6.07) is 18.7. The van der Waals surface area contributed by atoms with E-state index in [2.05, 4.69) is 63.5 Å². The number of aromatic nitrogens is 1. The number of nitrogens with zero attached hydrogens (tertiary/aromatic N) is 3. The van der Waals surface area contributed by atoms with Gasteiger partial charge in [0, 0.05) is 35.7 Å². The number of aliphatic hydroxyl groups is 1. The van der Waals surface area contributed by atoms with Crippen molar-refractivity contribution in [3.05, 3.63) is 71.4 Å². The molecule has 154 valence electrons. The topological polar surface area (TPSA) is 66.0 Å². The maximum atomic E-state index is 9.67. The SMILES string of the molecule is CN1/C(=C/c2cc[n+](CO)c3ccccc23)Sc2ccccc21.O=C(Cl)OP=NP. The highest BCUT2D eigenvalue weighted by Gasteiger charge is 2.21. The Kier molecular flexibility index (Phi) is 8.20. The van der Waals surface area contributed by atoms with E-state index >= 15 is 0 Å². The van der Waals surface area contributed by atoms with Crippen LogP contribution in [0.1, 0.15) is 5.56 Å². The number of para-hydroxylation sites is 2. The number of thioether (sulfide) groups is 1. The molecule has 0 aliphatic carbocycles. The van der Waals surface area contributed by atoms with E-state index in [0.29, 0.717) is 0 Å². The third kappa shape index (κ3) is 5.37. The Morgan fingerprint density at radius 2 is 2.03 bits per heavy atom. The fourth-order valence-corrected chi connectivity index (χ4v) is 4.44.